The number of aromatic nitrogens is 2. The summed E-state index contributed by atoms with van der Waals surface area (Å²) in [6.45, 7) is 11.7. The maximum absolute atomic E-state index is 4.67. The van der Waals surface area contributed by atoms with E-state index in [0.29, 0.717) is 0 Å². The molecule has 0 saturated carbocycles. The molecule has 12 rings (SSSR count). The average Bonchev–Trinajstić information content (AvgIpc) is 3.93. The first kappa shape index (κ1) is 42.4. The third kappa shape index (κ3) is 7.59. The Morgan fingerprint density at radius 2 is 0.957 bits per heavy atom. The number of hydrogen-bond donors (Lipinski definition) is 0. The van der Waals surface area contributed by atoms with Gasteiger partial charge in [0.2, 0.25) is 0 Å². The highest BCUT2D eigenvalue weighted by Crippen LogP contribution is 2.41. The summed E-state index contributed by atoms with van der Waals surface area (Å²) in [5.74, 6) is 0. The van der Waals surface area contributed by atoms with E-state index in [0.717, 1.165) is 73.4 Å². The molecular weight excluding hydrogens is 847 g/mol. The van der Waals surface area contributed by atoms with Gasteiger partial charge in [0.15, 0.2) is 0 Å². The van der Waals surface area contributed by atoms with Crippen LogP contribution in [0, 0.1) is 0 Å². The van der Waals surface area contributed by atoms with Crippen molar-refractivity contribution in [3.8, 4) is 27.9 Å². The summed E-state index contributed by atoms with van der Waals surface area (Å²) in [5.41, 5.74) is 17.3. The molecule has 0 radical (unpaired) electrons. The standard InChI is InChI=1S/C67H51N3/c1-47-42-54(52-31-34-64-60(45-52)57-26-14-16-28-63(57)69(64)56-24-12-6-13-25-56)36-40-68(62-33-30-51(49-20-8-4-9-21-49)44-59(62)50-22-10-5-11-23-50)41-37-55(43-48(47)2)53-32-35-66-61(46-53)58-27-15-17-29-65(58)70(66)67(3)38-18-7-19-39-67/h4-38,40-46H,1-2,39H2,3H3/b40-36-,41-37-,54-42+,55-43+. The summed E-state index contributed by atoms with van der Waals surface area (Å²) in [7, 11) is 0. The minimum atomic E-state index is -0.190. The van der Waals surface area contributed by atoms with Crippen molar-refractivity contribution in [1.29, 1.82) is 0 Å². The Morgan fingerprint density at radius 1 is 0.443 bits per heavy atom. The molecule has 1 unspecified atom stereocenters. The molecule has 1 aliphatic heterocycles. The molecule has 3 heteroatoms. The zero-order valence-electron chi connectivity index (χ0n) is 39.2. The van der Waals surface area contributed by atoms with Crippen LogP contribution in [0.5, 0.6) is 0 Å². The Labute approximate surface area is 409 Å². The molecule has 0 spiro atoms. The second kappa shape index (κ2) is 17.6. The zero-order valence-corrected chi connectivity index (χ0v) is 39.2. The fourth-order valence-electron chi connectivity index (χ4n) is 10.6. The maximum Gasteiger partial charge on any atom is 0.0643 e. The molecule has 1 atom stereocenters. The first-order valence-corrected chi connectivity index (χ1v) is 24.1. The summed E-state index contributed by atoms with van der Waals surface area (Å²) in [6.07, 6.45) is 23.1. The molecule has 3 nitrogen and oxygen atoms in total. The monoisotopic (exact) mass is 897 g/mol. The molecule has 334 valence electrons. The smallest absolute Gasteiger partial charge is 0.0643 e. The van der Waals surface area contributed by atoms with Gasteiger partial charge in [-0.15, -0.1) is 0 Å². The van der Waals surface area contributed by atoms with Crippen LogP contribution >= 0.6 is 0 Å². The lowest BCUT2D eigenvalue weighted by molar-refractivity contribution is 0.437. The van der Waals surface area contributed by atoms with Gasteiger partial charge in [-0.3, -0.25) is 0 Å². The number of nitrogens with zero attached hydrogens (tertiary/aromatic N) is 3. The number of hydrogen-bond acceptors (Lipinski definition) is 1. The summed E-state index contributed by atoms with van der Waals surface area (Å²) in [4.78, 5) is 2.27. The van der Waals surface area contributed by atoms with Crippen LogP contribution in [0.3, 0.4) is 0 Å². The number of rotatable bonds is 7. The Morgan fingerprint density at radius 3 is 1.60 bits per heavy atom. The number of allylic oxidation sites excluding steroid dienone is 12. The summed E-state index contributed by atoms with van der Waals surface area (Å²) in [6, 6.07) is 70.0. The van der Waals surface area contributed by atoms with Crippen molar-refractivity contribution in [3.63, 3.8) is 0 Å². The van der Waals surface area contributed by atoms with Crippen LogP contribution in [0.2, 0.25) is 0 Å². The highest BCUT2D eigenvalue weighted by molar-refractivity contribution is 6.11. The van der Waals surface area contributed by atoms with Gasteiger partial charge in [0.25, 0.3) is 0 Å². The van der Waals surface area contributed by atoms with Gasteiger partial charge in [-0.2, -0.15) is 0 Å². The molecule has 0 saturated heterocycles. The maximum atomic E-state index is 4.67. The van der Waals surface area contributed by atoms with E-state index >= 15 is 0 Å². The Bertz CT molecular complexity index is 3890. The van der Waals surface area contributed by atoms with Gasteiger partial charge >= 0.3 is 0 Å². The van der Waals surface area contributed by atoms with Gasteiger partial charge in [-0.1, -0.05) is 171 Å². The quantitative estimate of drug-likeness (QED) is 0.155. The van der Waals surface area contributed by atoms with Crippen LogP contribution in [0.15, 0.2) is 279 Å². The largest absolute Gasteiger partial charge is 0.331 e. The van der Waals surface area contributed by atoms with Crippen molar-refractivity contribution >= 4 is 60.4 Å². The SMILES string of the molecule is C=C1/C=C(c2ccc3c(c2)c2ccccc2n3-c2ccccc2)\C=C/N(c2ccc(-c3ccccc3)cc2-c2ccccc2)/C=C\C(c2ccc3c(c2)c2ccccc2n3C2(C)C=CC=CC2)=C/C1=C. The predicted octanol–water partition coefficient (Wildman–Crippen LogP) is 17.6. The van der Waals surface area contributed by atoms with Gasteiger partial charge in [0, 0.05) is 56.2 Å². The molecule has 0 fully saturated rings. The van der Waals surface area contributed by atoms with Gasteiger partial charge in [-0.05, 0) is 148 Å². The minimum Gasteiger partial charge on any atom is -0.331 e. The van der Waals surface area contributed by atoms with E-state index in [9.17, 15) is 0 Å². The molecule has 0 amide bonds. The van der Waals surface area contributed by atoms with Crippen LogP contribution in [0.25, 0.3) is 82.7 Å². The molecule has 10 aromatic rings. The first-order valence-electron chi connectivity index (χ1n) is 24.1. The molecule has 0 bridgehead atoms. The molecule has 70 heavy (non-hydrogen) atoms. The van der Waals surface area contributed by atoms with E-state index in [2.05, 4.69) is 289 Å². The van der Waals surface area contributed by atoms with Crippen molar-refractivity contribution < 1.29 is 0 Å². The fraction of sp³-hybridized carbons (Fsp3) is 0.0448. The third-order valence-electron chi connectivity index (χ3n) is 14.1. The van der Waals surface area contributed by atoms with E-state index in [1.807, 2.05) is 0 Å². The van der Waals surface area contributed by atoms with Crippen LogP contribution in [0.4, 0.5) is 5.69 Å². The van der Waals surface area contributed by atoms with Gasteiger partial charge in [0.05, 0.1) is 22.3 Å². The van der Waals surface area contributed by atoms with E-state index in [4.69, 9.17) is 0 Å². The van der Waals surface area contributed by atoms with Gasteiger partial charge in [0.1, 0.15) is 0 Å². The topological polar surface area (TPSA) is 13.1 Å². The fourth-order valence-corrected chi connectivity index (χ4v) is 10.6. The van der Waals surface area contributed by atoms with Crippen molar-refractivity contribution in [2.24, 2.45) is 0 Å². The zero-order chi connectivity index (χ0) is 47.2. The van der Waals surface area contributed by atoms with E-state index in [-0.39, 0.29) is 5.54 Å². The van der Waals surface area contributed by atoms with Crippen LogP contribution in [-0.4, -0.2) is 9.13 Å². The molecule has 0 N–H and O–H groups in total. The Kier molecular flexibility index (Phi) is 10.7. The molecule has 3 heterocycles. The lowest BCUT2D eigenvalue weighted by Crippen LogP contribution is -2.27. The predicted molar refractivity (Wildman–Crippen MR) is 299 cm³/mol. The normalized spacial score (nSPS) is 18.7. The molecule has 2 aliphatic rings. The summed E-state index contributed by atoms with van der Waals surface area (Å²) < 4.78 is 4.88. The van der Waals surface area contributed by atoms with Crippen LogP contribution < -0.4 is 4.90 Å². The van der Waals surface area contributed by atoms with E-state index in [1.165, 1.54) is 43.7 Å². The number of fused-ring (bicyclic) bond motifs is 6. The van der Waals surface area contributed by atoms with Crippen molar-refractivity contribution in [3.05, 3.63) is 291 Å². The van der Waals surface area contributed by atoms with Crippen LogP contribution in [0.1, 0.15) is 24.5 Å². The number of para-hydroxylation sites is 3. The van der Waals surface area contributed by atoms with Crippen LogP contribution in [-0.2, 0) is 5.54 Å². The van der Waals surface area contributed by atoms with Gasteiger partial charge < -0.3 is 14.0 Å². The van der Waals surface area contributed by atoms with Crippen molar-refractivity contribution in [1.82, 2.24) is 9.13 Å². The lowest BCUT2D eigenvalue weighted by atomic mass is 9.92. The van der Waals surface area contributed by atoms with E-state index < -0.39 is 0 Å². The Balaban J connectivity index is 1.04. The van der Waals surface area contributed by atoms with Gasteiger partial charge in [-0.25, -0.2) is 0 Å². The average molecular weight is 898 g/mol. The summed E-state index contributed by atoms with van der Waals surface area (Å²) in [5, 5.41) is 4.85. The Hall–Kier alpha value is -8.92. The third-order valence-corrected chi connectivity index (χ3v) is 14.1. The second-order valence-electron chi connectivity index (χ2n) is 18.6. The second-order valence-corrected chi connectivity index (χ2v) is 18.6. The lowest BCUT2D eigenvalue weighted by Gasteiger charge is -2.31. The van der Waals surface area contributed by atoms with Crippen molar-refractivity contribution in [2.45, 2.75) is 18.9 Å². The highest BCUT2D eigenvalue weighted by atomic mass is 15.1. The number of anilines is 1. The highest BCUT2D eigenvalue weighted by Gasteiger charge is 2.28. The minimum absolute atomic E-state index is 0.190. The molecule has 2 aromatic heterocycles. The number of benzene rings is 8. The molecule has 8 aromatic carbocycles. The van der Waals surface area contributed by atoms with E-state index in [1.54, 1.807) is 0 Å². The molecular formula is C67H51N3. The molecule has 1 aliphatic carbocycles. The van der Waals surface area contributed by atoms with Crippen molar-refractivity contribution in [2.75, 3.05) is 4.90 Å². The summed E-state index contributed by atoms with van der Waals surface area (Å²) >= 11 is 0. The first-order chi connectivity index (χ1) is 34.4.